The molecule has 2 amide bonds. The van der Waals surface area contributed by atoms with E-state index in [-0.39, 0.29) is 11.8 Å². The lowest BCUT2D eigenvalue weighted by molar-refractivity contribution is -0.131. The van der Waals surface area contributed by atoms with E-state index in [1.165, 1.54) is 5.56 Å². The second-order valence-corrected chi connectivity index (χ2v) is 7.43. The summed E-state index contributed by atoms with van der Waals surface area (Å²) in [7, 11) is 0. The van der Waals surface area contributed by atoms with Crippen molar-refractivity contribution in [3.8, 4) is 0 Å². The Labute approximate surface area is 169 Å². The quantitative estimate of drug-likeness (QED) is 0.706. The van der Waals surface area contributed by atoms with Gasteiger partial charge in [0.15, 0.2) is 5.69 Å². The van der Waals surface area contributed by atoms with E-state index in [4.69, 9.17) is 0 Å². The summed E-state index contributed by atoms with van der Waals surface area (Å²) in [6, 6.07) is 17.8. The van der Waals surface area contributed by atoms with Crippen LogP contribution in [-0.4, -0.2) is 33.5 Å². The minimum Gasteiger partial charge on any atom is -0.347 e. The van der Waals surface area contributed by atoms with Crippen LogP contribution in [0, 0.1) is 6.92 Å². The lowest BCUT2D eigenvalue weighted by atomic mass is 10.0. The summed E-state index contributed by atoms with van der Waals surface area (Å²) in [5.74, 6) is -0.157. The van der Waals surface area contributed by atoms with Crippen molar-refractivity contribution in [2.45, 2.75) is 32.9 Å². The van der Waals surface area contributed by atoms with Gasteiger partial charge in [0.05, 0.1) is 6.42 Å². The lowest BCUT2D eigenvalue weighted by Gasteiger charge is -2.27. The van der Waals surface area contributed by atoms with Gasteiger partial charge >= 0.3 is 0 Å². The number of aromatic amines is 1. The van der Waals surface area contributed by atoms with Crippen molar-refractivity contribution < 1.29 is 9.59 Å². The molecule has 1 aliphatic rings. The number of H-pyrrole nitrogens is 1. The van der Waals surface area contributed by atoms with Gasteiger partial charge in [-0.1, -0.05) is 60.2 Å². The zero-order chi connectivity index (χ0) is 20.2. The molecule has 1 aromatic heterocycles. The monoisotopic (exact) mass is 388 g/mol. The van der Waals surface area contributed by atoms with Crippen LogP contribution in [0.1, 0.15) is 38.4 Å². The molecule has 0 radical (unpaired) electrons. The maximum absolute atomic E-state index is 12.8. The Bertz CT molecular complexity index is 1010. The fourth-order valence-electron chi connectivity index (χ4n) is 3.55. The molecule has 1 aliphatic heterocycles. The second kappa shape index (κ2) is 8.31. The number of nitrogens with one attached hydrogen (secondary N) is 2. The molecule has 6 nitrogen and oxygen atoms in total. The van der Waals surface area contributed by atoms with Crippen LogP contribution in [0.5, 0.6) is 0 Å². The van der Waals surface area contributed by atoms with Crippen LogP contribution in [0.25, 0.3) is 0 Å². The molecule has 0 unspecified atom stereocenters. The van der Waals surface area contributed by atoms with Gasteiger partial charge in [-0.2, -0.15) is 5.10 Å². The van der Waals surface area contributed by atoms with Crippen molar-refractivity contribution in [2.24, 2.45) is 0 Å². The summed E-state index contributed by atoms with van der Waals surface area (Å²) in [5.41, 5.74) is 5.34. The second-order valence-electron chi connectivity index (χ2n) is 7.43. The van der Waals surface area contributed by atoms with E-state index in [0.717, 1.165) is 22.4 Å². The van der Waals surface area contributed by atoms with Crippen LogP contribution in [0.2, 0.25) is 0 Å². The Morgan fingerprint density at radius 2 is 1.83 bits per heavy atom. The van der Waals surface area contributed by atoms with Crippen LogP contribution in [0.4, 0.5) is 0 Å². The Kier molecular flexibility index (Phi) is 5.42. The van der Waals surface area contributed by atoms with Crippen molar-refractivity contribution >= 4 is 11.8 Å². The van der Waals surface area contributed by atoms with Gasteiger partial charge in [0.2, 0.25) is 5.91 Å². The van der Waals surface area contributed by atoms with Crippen LogP contribution >= 0.6 is 0 Å². The number of carbonyl (C=O) groups is 2. The predicted molar refractivity (Wildman–Crippen MR) is 110 cm³/mol. The highest BCUT2D eigenvalue weighted by Crippen LogP contribution is 2.21. The number of aryl methyl sites for hydroxylation is 1. The molecule has 0 fully saturated rings. The zero-order valence-electron chi connectivity index (χ0n) is 16.4. The molecule has 29 heavy (non-hydrogen) atoms. The Balaban J connectivity index is 1.42. The number of rotatable bonds is 5. The molecule has 2 aromatic carbocycles. The van der Waals surface area contributed by atoms with Gasteiger partial charge in [0.1, 0.15) is 0 Å². The normalized spacial score (nSPS) is 13.1. The molecule has 0 saturated heterocycles. The fourth-order valence-corrected chi connectivity index (χ4v) is 3.55. The predicted octanol–water partition coefficient (Wildman–Crippen LogP) is 2.78. The zero-order valence-corrected chi connectivity index (χ0v) is 16.4. The molecule has 4 rings (SSSR count). The molecule has 0 saturated carbocycles. The van der Waals surface area contributed by atoms with E-state index in [9.17, 15) is 9.59 Å². The van der Waals surface area contributed by atoms with Gasteiger partial charge in [-0.25, -0.2) is 0 Å². The van der Waals surface area contributed by atoms with Crippen molar-refractivity contribution in [2.75, 3.05) is 6.54 Å². The van der Waals surface area contributed by atoms with E-state index >= 15 is 0 Å². The van der Waals surface area contributed by atoms with Gasteiger partial charge < -0.3 is 10.2 Å². The SMILES string of the molecule is Cc1ccc(CC(=O)N2CCc3[nH]nc(C(=O)NCc4ccccc4)c3C2)cc1. The summed E-state index contributed by atoms with van der Waals surface area (Å²) in [4.78, 5) is 27.2. The lowest BCUT2D eigenvalue weighted by Crippen LogP contribution is -2.37. The number of amides is 2. The van der Waals surface area contributed by atoms with Crippen LogP contribution in [-0.2, 0) is 30.7 Å². The molecule has 3 aromatic rings. The standard InChI is InChI=1S/C23H24N4O2/c1-16-7-9-17(10-8-16)13-21(28)27-12-11-20-19(15-27)22(26-25-20)23(29)24-14-18-5-3-2-4-6-18/h2-10H,11-15H2,1H3,(H,24,29)(H,25,26). The third kappa shape index (κ3) is 4.37. The highest BCUT2D eigenvalue weighted by atomic mass is 16.2. The smallest absolute Gasteiger partial charge is 0.272 e. The summed E-state index contributed by atoms with van der Waals surface area (Å²) < 4.78 is 0. The van der Waals surface area contributed by atoms with Crippen molar-refractivity contribution in [1.82, 2.24) is 20.4 Å². The minimum atomic E-state index is -0.223. The van der Waals surface area contributed by atoms with E-state index in [2.05, 4.69) is 15.5 Å². The van der Waals surface area contributed by atoms with Gasteiger partial charge in [0, 0.05) is 37.3 Å². The molecular formula is C23H24N4O2. The van der Waals surface area contributed by atoms with Crippen LogP contribution in [0.15, 0.2) is 54.6 Å². The Hall–Kier alpha value is -3.41. The van der Waals surface area contributed by atoms with Gasteiger partial charge in [-0.05, 0) is 18.1 Å². The highest BCUT2D eigenvalue weighted by molar-refractivity contribution is 5.94. The first-order valence-corrected chi connectivity index (χ1v) is 9.81. The molecular weight excluding hydrogens is 364 g/mol. The van der Waals surface area contributed by atoms with E-state index in [1.807, 2.05) is 66.4 Å². The van der Waals surface area contributed by atoms with Crippen LogP contribution in [0.3, 0.4) is 0 Å². The number of aromatic nitrogens is 2. The average molecular weight is 388 g/mol. The molecule has 2 heterocycles. The highest BCUT2D eigenvalue weighted by Gasteiger charge is 2.27. The van der Waals surface area contributed by atoms with E-state index in [1.54, 1.807) is 0 Å². The first-order valence-electron chi connectivity index (χ1n) is 9.81. The maximum atomic E-state index is 12.8. The minimum absolute atomic E-state index is 0.0661. The number of hydrogen-bond acceptors (Lipinski definition) is 3. The topological polar surface area (TPSA) is 78.1 Å². The summed E-state index contributed by atoms with van der Waals surface area (Å²) >= 11 is 0. The fraction of sp³-hybridized carbons (Fsp3) is 0.261. The summed E-state index contributed by atoms with van der Waals surface area (Å²) in [6.07, 6.45) is 1.04. The molecule has 0 bridgehead atoms. The van der Waals surface area contributed by atoms with E-state index < -0.39 is 0 Å². The third-order valence-electron chi connectivity index (χ3n) is 5.27. The molecule has 0 spiro atoms. The Morgan fingerprint density at radius 1 is 1.07 bits per heavy atom. The molecule has 6 heteroatoms. The molecule has 2 N–H and O–H groups in total. The van der Waals surface area contributed by atoms with Gasteiger partial charge in [-0.3, -0.25) is 14.7 Å². The third-order valence-corrected chi connectivity index (χ3v) is 5.27. The van der Waals surface area contributed by atoms with Crippen LogP contribution < -0.4 is 5.32 Å². The summed E-state index contributed by atoms with van der Waals surface area (Å²) in [6.45, 7) is 3.51. The summed E-state index contributed by atoms with van der Waals surface area (Å²) in [5, 5.41) is 10.1. The van der Waals surface area contributed by atoms with Gasteiger partial charge in [-0.15, -0.1) is 0 Å². The molecule has 0 atom stereocenters. The number of benzene rings is 2. The molecule has 148 valence electrons. The maximum Gasteiger partial charge on any atom is 0.272 e. The van der Waals surface area contributed by atoms with Gasteiger partial charge in [0.25, 0.3) is 5.91 Å². The average Bonchev–Trinajstić information content (AvgIpc) is 3.18. The number of hydrogen-bond donors (Lipinski definition) is 2. The van der Waals surface area contributed by atoms with E-state index in [0.29, 0.717) is 38.2 Å². The van der Waals surface area contributed by atoms with Crippen molar-refractivity contribution in [3.05, 3.63) is 88.2 Å². The first kappa shape index (κ1) is 18.9. The van der Waals surface area contributed by atoms with Crippen molar-refractivity contribution in [1.29, 1.82) is 0 Å². The first-order chi connectivity index (χ1) is 14.1. The Morgan fingerprint density at radius 3 is 2.59 bits per heavy atom. The largest absolute Gasteiger partial charge is 0.347 e. The van der Waals surface area contributed by atoms with Crippen molar-refractivity contribution in [3.63, 3.8) is 0 Å². The number of carbonyl (C=O) groups excluding carboxylic acids is 2. The number of nitrogens with zero attached hydrogens (tertiary/aromatic N) is 2. The number of fused-ring (bicyclic) bond motifs is 1. The molecule has 0 aliphatic carbocycles.